The Morgan fingerprint density at radius 1 is 1.29 bits per heavy atom. The Morgan fingerprint density at radius 2 is 2.17 bits per heavy atom. The van der Waals surface area contributed by atoms with Gasteiger partial charge in [-0.1, -0.05) is 12.1 Å². The van der Waals surface area contributed by atoms with Crippen molar-refractivity contribution in [1.82, 2.24) is 9.88 Å². The van der Waals surface area contributed by atoms with Gasteiger partial charge in [0.05, 0.1) is 27.7 Å². The van der Waals surface area contributed by atoms with Crippen LogP contribution in [0.2, 0.25) is 0 Å². The first-order valence-electron chi connectivity index (χ1n) is 8.02. The minimum absolute atomic E-state index is 0.0449. The summed E-state index contributed by atoms with van der Waals surface area (Å²) in [6, 6.07) is 12.0. The lowest BCUT2D eigenvalue weighted by molar-refractivity contribution is 0.0790. The van der Waals surface area contributed by atoms with E-state index >= 15 is 0 Å². The van der Waals surface area contributed by atoms with E-state index in [-0.39, 0.29) is 12.0 Å². The highest BCUT2D eigenvalue weighted by Crippen LogP contribution is 2.33. The van der Waals surface area contributed by atoms with Gasteiger partial charge in [-0.25, -0.2) is 4.98 Å². The number of hydrogen-bond acceptors (Lipinski definition) is 5. The van der Waals surface area contributed by atoms with Crippen LogP contribution in [0.4, 0.5) is 0 Å². The number of nitrogens with zero attached hydrogens (tertiary/aromatic N) is 2. The third-order valence-electron chi connectivity index (χ3n) is 4.14. The molecule has 3 aromatic rings. The predicted molar refractivity (Wildman–Crippen MR) is 97.7 cm³/mol. The fourth-order valence-corrected chi connectivity index (χ4v) is 5.00. The maximum absolute atomic E-state index is 12.7. The van der Waals surface area contributed by atoms with Crippen LogP contribution in [-0.4, -0.2) is 29.4 Å². The molecule has 0 aliphatic carbocycles. The first-order chi connectivity index (χ1) is 11.7. The van der Waals surface area contributed by atoms with Crippen molar-refractivity contribution in [3.05, 3.63) is 51.2 Å². The molecule has 1 aromatic carbocycles. The molecule has 2 aromatic heterocycles. The number of fused-ring (bicyclic) bond motifs is 1. The molecule has 0 bridgehead atoms. The molecule has 4 rings (SSSR count). The topological polar surface area (TPSA) is 42.4 Å². The van der Waals surface area contributed by atoms with Crippen molar-refractivity contribution < 1.29 is 9.53 Å². The summed E-state index contributed by atoms with van der Waals surface area (Å²) >= 11 is 3.19. The average molecular weight is 358 g/mol. The number of thiazole rings is 1. The van der Waals surface area contributed by atoms with Crippen molar-refractivity contribution in [2.45, 2.75) is 25.5 Å². The first-order valence-corrected chi connectivity index (χ1v) is 9.65. The normalized spacial score (nSPS) is 17.5. The molecule has 0 saturated carbocycles. The number of rotatable bonds is 4. The molecule has 1 amide bonds. The van der Waals surface area contributed by atoms with Crippen LogP contribution in [0.3, 0.4) is 0 Å². The van der Waals surface area contributed by atoms with Crippen LogP contribution in [0, 0.1) is 0 Å². The smallest absolute Gasteiger partial charge is 0.264 e. The fraction of sp³-hybridized carbons (Fsp3) is 0.333. The number of carbonyl (C=O) groups excluding carboxylic acids is 1. The Balaban J connectivity index is 1.47. The largest absolute Gasteiger partial charge is 0.373 e. The van der Waals surface area contributed by atoms with Crippen molar-refractivity contribution in [3.63, 3.8) is 0 Å². The Hall–Kier alpha value is -1.76. The second kappa shape index (κ2) is 6.63. The van der Waals surface area contributed by atoms with Gasteiger partial charge in [0.15, 0.2) is 0 Å². The zero-order chi connectivity index (χ0) is 16.5. The first kappa shape index (κ1) is 15.7. The molecule has 1 aliphatic heterocycles. The number of ether oxygens (including phenoxy) is 1. The molecule has 4 nitrogen and oxygen atoms in total. The fourth-order valence-electron chi connectivity index (χ4n) is 2.89. The van der Waals surface area contributed by atoms with E-state index in [0.717, 1.165) is 44.4 Å². The molecule has 6 heteroatoms. The van der Waals surface area contributed by atoms with Gasteiger partial charge in [0, 0.05) is 18.5 Å². The Labute approximate surface area is 148 Å². The number of hydrogen-bond donors (Lipinski definition) is 0. The van der Waals surface area contributed by atoms with E-state index in [1.165, 1.54) is 0 Å². The third kappa shape index (κ3) is 3.09. The van der Waals surface area contributed by atoms with Crippen LogP contribution in [-0.2, 0) is 11.3 Å². The summed E-state index contributed by atoms with van der Waals surface area (Å²) in [4.78, 5) is 20.9. The predicted octanol–water partition coefficient (Wildman–Crippen LogP) is 4.48. The van der Waals surface area contributed by atoms with E-state index in [1.54, 1.807) is 27.6 Å². The van der Waals surface area contributed by atoms with E-state index in [4.69, 9.17) is 4.74 Å². The maximum atomic E-state index is 12.7. The van der Waals surface area contributed by atoms with Crippen LogP contribution in [0.1, 0.15) is 38.5 Å². The standard InChI is InChI=1S/C18H18N2O2S2/c1-20(11-17-19-12-5-2-3-7-14(12)24-17)18(21)16-9-8-15(23-16)13-6-4-10-22-13/h2-3,5,7-9,13H,4,6,10-11H2,1H3/t13-/m1/s1. The highest BCUT2D eigenvalue weighted by molar-refractivity contribution is 7.18. The second-order valence-electron chi connectivity index (χ2n) is 5.94. The van der Waals surface area contributed by atoms with Crippen molar-refractivity contribution in [2.75, 3.05) is 13.7 Å². The van der Waals surface area contributed by atoms with Gasteiger partial charge in [0.2, 0.25) is 0 Å². The quantitative estimate of drug-likeness (QED) is 0.690. The summed E-state index contributed by atoms with van der Waals surface area (Å²) in [5.41, 5.74) is 0.996. The zero-order valence-electron chi connectivity index (χ0n) is 13.4. The summed E-state index contributed by atoms with van der Waals surface area (Å²) < 4.78 is 6.86. The van der Waals surface area contributed by atoms with E-state index in [9.17, 15) is 4.79 Å². The average Bonchev–Trinajstić information content (AvgIpc) is 3.32. The maximum Gasteiger partial charge on any atom is 0.264 e. The molecular weight excluding hydrogens is 340 g/mol. The van der Waals surface area contributed by atoms with Crippen LogP contribution in [0.5, 0.6) is 0 Å². The second-order valence-corrected chi connectivity index (χ2v) is 8.17. The molecule has 0 unspecified atom stereocenters. The molecule has 124 valence electrons. The van der Waals surface area contributed by atoms with Gasteiger partial charge in [-0.15, -0.1) is 22.7 Å². The molecule has 0 N–H and O–H groups in total. The molecule has 0 spiro atoms. The lowest BCUT2D eigenvalue weighted by atomic mass is 10.2. The molecular formula is C18H18N2O2S2. The highest BCUT2D eigenvalue weighted by Gasteiger charge is 2.22. The number of benzene rings is 1. The van der Waals surface area contributed by atoms with Crippen molar-refractivity contribution in [2.24, 2.45) is 0 Å². The van der Waals surface area contributed by atoms with Crippen LogP contribution < -0.4 is 0 Å². The van der Waals surface area contributed by atoms with Crippen LogP contribution in [0.15, 0.2) is 36.4 Å². The summed E-state index contributed by atoms with van der Waals surface area (Å²) in [6.45, 7) is 1.36. The van der Waals surface area contributed by atoms with E-state index in [2.05, 4.69) is 11.1 Å². The summed E-state index contributed by atoms with van der Waals surface area (Å²) in [6.07, 6.45) is 2.32. The SMILES string of the molecule is CN(Cc1nc2ccccc2s1)C(=O)c1ccc([C@H]2CCCO2)s1. The van der Waals surface area contributed by atoms with Crippen LogP contribution in [0.25, 0.3) is 10.2 Å². The number of aromatic nitrogens is 1. The van der Waals surface area contributed by atoms with Crippen molar-refractivity contribution in [1.29, 1.82) is 0 Å². The van der Waals surface area contributed by atoms with Gasteiger partial charge in [0.25, 0.3) is 5.91 Å². The van der Waals surface area contributed by atoms with E-state index in [0.29, 0.717) is 6.54 Å². The zero-order valence-corrected chi connectivity index (χ0v) is 15.0. The third-order valence-corrected chi connectivity index (χ3v) is 6.33. The number of para-hydroxylation sites is 1. The van der Waals surface area contributed by atoms with Gasteiger partial charge in [0.1, 0.15) is 5.01 Å². The lowest BCUT2D eigenvalue weighted by Crippen LogP contribution is -2.25. The Morgan fingerprint density at radius 3 is 2.96 bits per heavy atom. The van der Waals surface area contributed by atoms with Gasteiger partial charge in [-0.3, -0.25) is 4.79 Å². The molecule has 1 aliphatic rings. The molecule has 1 fully saturated rings. The van der Waals surface area contributed by atoms with Gasteiger partial charge in [-0.2, -0.15) is 0 Å². The van der Waals surface area contributed by atoms with Crippen LogP contribution >= 0.6 is 22.7 Å². The summed E-state index contributed by atoms with van der Waals surface area (Å²) in [7, 11) is 1.83. The lowest BCUT2D eigenvalue weighted by Gasteiger charge is -2.14. The van der Waals surface area contributed by atoms with Crippen molar-refractivity contribution in [3.8, 4) is 0 Å². The minimum Gasteiger partial charge on any atom is -0.373 e. The number of amides is 1. The van der Waals surface area contributed by atoms with E-state index < -0.39 is 0 Å². The van der Waals surface area contributed by atoms with Gasteiger partial charge in [-0.05, 0) is 37.1 Å². The van der Waals surface area contributed by atoms with Crippen molar-refractivity contribution >= 4 is 38.8 Å². The summed E-state index contributed by atoms with van der Waals surface area (Å²) in [5.74, 6) is 0.0449. The Bertz CT molecular complexity index is 832. The highest BCUT2D eigenvalue weighted by atomic mass is 32.1. The van der Waals surface area contributed by atoms with E-state index in [1.807, 2.05) is 37.4 Å². The minimum atomic E-state index is 0.0449. The summed E-state index contributed by atoms with van der Waals surface area (Å²) in [5, 5.41) is 0.961. The Kier molecular flexibility index (Phi) is 4.35. The molecule has 1 saturated heterocycles. The number of carbonyl (C=O) groups is 1. The molecule has 0 radical (unpaired) electrons. The molecule has 24 heavy (non-hydrogen) atoms. The van der Waals surface area contributed by atoms with Gasteiger partial charge >= 0.3 is 0 Å². The van der Waals surface area contributed by atoms with Gasteiger partial charge < -0.3 is 9.64 Å². The molecule has 1 atom stereocenters. The monoisotopic (exact) mass is 358 g/mol. The number of thiophene rings is 1. The molecule has 3 heterocycles.